The predicted octanol–water partition coefficient (Wildman–Crippen LogP) is 2.88. The Balaban J connectivity index is 1.84. The standard InChI is InChI=1S/C16H25ClN4/c1-3-4-9-19-16(18-2)20-14-8-10-21(12-14)15-7-5-6-13(17)11-15/h5-7,11,14H,3-4,8-10,12H2,1-2H3,(H2,18,19,20). The van der Waals surface area contributed by atoms with Crippen molar-refractivity contribution < 1.29 is 0 Å². The molecule has 1 unspecified atom stereocenters. The Hall–Kier alpha value is -1.42. The van der Waals surface area contributed by atoms with Crippen LogP contribution in [0, 0.1) is 0 Å². The van der Waals surface area contributed by atoms with Gasteiger partial charge in [0, 0.05) is 43.4 Å². The summed E-state index contributed by atoms with van der Waals surface area (Å²) in [6, 6.07) is 8.48. The van der Waals surface area contributed by atoms with E-state index in [1.807, 2.05) is 25.2 Å². The summed E-state index contributed by atoms with van der Waals surface area (Å²) >= 11 is 6.07. The molecular weight excluding hydrogens is 284 g/mol. The molecule has 1 aliphatic heterocycles. The fourth-order valence-corrected chi connectivity index (χ4v) is 2.74. The van der Waals surface area contributed by atoms with Crippen molar-refractivity contribution in [2.24, 2.45) is 4.99 Å². The van der Waals surface area contributed by atoms with Crippen molar-refractivity contribution in [2.75, 3.05) is 31.6 Å². The molecular formula is C16H25ClN4. The van der Waals surface area contributed by atoms with E-state index in [2.05, 4.69) is 33.5 Å². The van der Waals surface area contributed by atoms with Crippen LogP contribution < -0.4 is 15.5 Å². The van der Waals surface area contributed by atoms with Crippen molar-refractivity contribution in [3.05, 3.63) is 29.3 Å². The third-order valence-corrected chi connectivity index (χ3v) is 3.98. The lowest BCUT2D eigenvalue weighted by atomic mass is 10.2. The summed E-state index contributed by atoms with van der Waals surface area (Å²) in [5, 5.41) is 7.66. The third-order valence-electron chi connectivity index (χ3n) is 3.75. The molecule has 1 heterocycles. The first kappa shape index (κ1) is 16.0. The zero-order chi connectivity index (χ0) is 15.1. The van der Waals surface area contributed by atoms with Gasteiger partial charge in [-0.2, -0.15) is 0 Å². The number of hydrogen-bond acceptors (Lipinski definition) is 2. The predicted molar refractivity (Wildman–Crippen MR) is 91.5 cm³/mol. The van der Waals surface area contributed by atoms with E-state index in [1.54, 1.807) is 0 Å². The van der Waals surface area contributed by atoms with Crippen molar-refractivity contribution >= 4 is 23.2 Å². The number of benzene rings is 1. The number of nitrogens with zero attached hydrogens (tertiary/aromatic N) is 2. The van der Waals surface area contributed by atoms with Crippen molar-refractivity contribution in [1.82, 2.24) is 10.6 Å². The number of anilines is 1. The normalized spacial score (nSPS) is 18.9. The highest BCUT2D eigenvalue weighted by Crippen LogP contribution is 2.23. The molecule has 4 nitrogen and oxygen atoms in total. The summed E-state index contributed by atoms with van der Waals surface area (Å²) in [6.45, 7) is 5.19. The van der Waals surface area contributed by atoms with Gasteiger partial charge in [0.05, 0.1) is 0 Å². The van der Waals surface area contributed by atoms with Gasteiger partial charge in [-0.15, -0.1) is 0 Å². The van der Waals surface area contributed by atoms with E-state index in [0.717, 1.165) is 37.0 Å². The zero-order valence-corrected chi connectivity index (χ0v) is 13.7. The van der Waals surface area contributed by atoms with E-state index in [1.165, 1.54) is 18.5 Å². The molecule has 0 aromatic heterocycles. The van der Waals surface area contributed by atoms with E-state index in [0.29, 0.717) is 6.04 Å². The van der Waals surface area contributed by atoms with Gasteiger partial charge in [-0.3, -0.25) is 4.99 Å². The summed E-state index contributed by atoms with van der Waals surface area (Å²) < 4.78 is 0. The zero-order valence-electron chi connectivity index (χ0n) is 12.9. The lowest BCUT2D eigenvalue weighted by Crippen LogP contribution is -2.44. The summed E-state index contributed by atoms with van der Waals surface area (Å²) in [6.07, 6.45) is 3.47. The molecule has 1 saturated heterocycles. The van der Waals surface area contributed by atoms with Crippen LogP contribution in [0.2, 0.25) is 5.02 Å². The van der Waals surface area contributed by atoms with Gasteiger partial charge < -0.3 is 15.5 Å². The first-order chi connectivity index (χ1) is 10.2. The minimum atomic E-state index is 0.428. The van der Waals surface area contributed by atoms with Gasteiger partial charge in [-0.1, -0.05) is 31.0 Å². The quantitative estimate of drug-likeness (QED) is 0.499. The van der Waals surface area contributed by atoms with E-state index >= 15 is 0 Å². The number of guanidine groups is 1. The maximum atomic E-state index is 6.07. The van der Waals surface area contributed by atoms with Gasteiger partial charge in [0.2, 0.25) is 0 Å². The number of rotatable bonds is 5. The molecule has 2 N–H and O–H groups in total. The molecule has 1 atom stereocenters. The maximum absolute atomic E-state index is 6.07. The topological polar surface area (TPSA) is 39.7 Å². The van der Waals surface area contributed by atoms with Gasteiger partial charge in [0.15, 0.2) is 5.96 Å². The van der Waals surface area contributed by atoms with Crippen LogP contribution in [0.3, 0.4) is 0 Å². The second kappa shape index (κ2) is 8.13. The Morgan fingerprint density at radius 3 is 3.05 bits per heavy atom. The molecule has 1 aromatic rings. The summed E-state index contributed by atoms with van der Waals surface area (Å²) in [7, 11) is 1.82. The highest BCUT2D eigenvalue weighted by molar-refractivity contribution is 6.30. The van der Waals surface area contributed by atoms with Crippen molar-refractivity contribution in [1.29, 1.82) is 0 Å². The Morgan fingerprint density at radius 1 is 1.48 bits per heavy atom. The van der Waals surface area contributed by atoms with Crippen LogP contribution in [0.15, 0.2) is 29.3 Å². The van der Waals surface area contributed by atoms with Gasteiger partial charge >= 0.3 is 0 Å². The van der Waals surface area contributed by atoms with Crippen molar-refractivity contribution in [2.45, 2.75) is 32.2 Å². The number of halogens is 1. The molecule has 116 valence electrons. The second-order valence-electron chi connectivity index (χ2n) is 5.41. The lowest BCUT2D eigenvalue weighted by molar-refractivity contribution is 0.641. The summed E-state index contributed by atoms with van der Waals surface area (Å²) in [5.74, 6) is 0.904. The Labute approximate surface area is 132 Å². The van der Waals surface area contributed by atoms with Crippen LogP contribution in [-0.4, -0.2) is 38.7 Å². The van der Waals surface area contributed by atoms with Crippen molar-refractivity contribution in [3.63, 3.8) is 0 Å². The number of aliphatic imine (C=N–C) groups is 1. The first-order valence-corrected chi connectivity index (χ1v) is 8.08. The molecule has 1 aromatic carbocycles. The van der Waals surface area contributed by atoms with E-state index < -0.39 is 0 Å². The van der Waals surface area contributed by atoms with Crippen LogP contribution in [0.4, 0.5) is 5.69 Å². The minimum Gasteiger partial charge on any atom is -0.369 e. The van der Waals surface area contributed by atoms with E-state index in [4.69, 9.17) is 11.6 Å². The average Bonchev–Trinajstić information content (AvgIpc) is 2.95. The SMILES string of the molecule is CCCCNC(=NC)NC1CCN(c2cccc(Cl)c2)C1. The van der Waals surface area contributed by atoms with Crippen LogP contribution >= 0.6 is 11.6 Å². The molecule has 0 spiro atoms. The van der Waals surface area contributed by atoms with Crippen LogP contribution in [-0.2, 0) is 0 Å². The first-order valence-electron chi connectivity index (χ1n) is 7.70. The van der Waals surface area contributed by atoms with E-state index in [9.17, 15) is 0 Å². The van der Waals surface area contributed by atoms with Crippen molar-refractivity contribution in [3.8, 4) is 0 Å². The molecule has 2 rings (SSSR count). The average molecular weight is 309 g/mol. The van der Waals surface area contributed by atoms with E-state index in [-0.39, 0.29) is 0 Å². The fourth-order valence-electron chi connectivity index (χ4n) is 2.56. The molecule has 1 fully saturated rings. The number of nitrogens with one attached hydrogen (secondary N) is 2. The van der Waals surface area contributed by atoms with Gasteiger partial charge in [-0.25, -0.2) is 0 Å². The van der Waals surface area contributed by atoms with Gasteiger partial charge in [-0.05, 0) is 31.0 Å². The molecule has 21 heavy (non-hydrogen) atoms. The maximum Gasteiger partial charge on any atom is 0.191 e. The Bertz CT molecular complexity index is 475. The molecule has 0 radical (unpaired) electrons. The molecule has 1 aliphatic rings. The second-order valence-corrected chi connectivity index (χ2v) is 5.84. The molecule has 0 saturated carbocycles. The molecule has 5 heteroatoms. The van der Waals surface area contributed by atoms with Crippen LogP contribution in [0.25, 0.3) is 0 Å². The number of hydrogen-bond donors (Lipinski definition) is 2. The van der Waals surface area contributed by atoms with Gasteiger partial charge in [0.1, 0.15) is 0 Å². The van der Waals surface area contributed by atoms with Crippen LogP contribution in [0.5, 0.6) is 0 Å². The van der Waals surface area contributed by atoms with Gasteiger partial charge in [0.25, 0.3) is 0 Å². The Morgan fingerprint density at radius 2 is 2.33 bits per heavy atom. The summed E-state index contributed by atoms with van der Waals surface area (Å²) in [5.41, 5.74) is 1.20. The third kappa shape index (κ3) is 4.81. The summed E-state index contributed by atoms with van der Waals surface area (Å²) in [4.78, 5) is 6.65. The smallest absolute Gasteiger partial charge is 0.191 e. The largest absolute Gasteiger partial charge is 0.369 e. The fraction of sp³-hybridized carbons (Fsp3) is 0.562. The minimum absolute atomic E-state index is 0.428. The highest BCUT2D eigenvalue weighted by Gasteiger charge is 2.23. The van der Waals surface area contributed by atoms with Crippen LogP contribution in [0.1, 0.15) is 26.2 Å². The molecule has 0 bridgehead atoms. The monoisotopic (exact) mass is 308 g/mol. The molecule has 0 amide bonds. The Kier molecular flexibility index (Phi) is 6.18. The lowest BCUT2D eigenvalue weighted by Gasteiger charge is -2.20. The highest BCUT2D eigenvalue weighted by atomic mass is 35.5. The number of unbranched alkanes of at least 4 members (excludes halogenated alkanes) is 1. The molecule has 0 aliphatic carbocycles.